The largest absolute Gasteiger partial charge is 0.508 e. The third-order valence-corrected chi connectivity index (χ3v) is 4.51. The predicted molar refractivity (Wildman–Crippen MR) is 109 cm³/mol. The molecule has 3 aromatic carbocycles. The molecular formula is C22H15NO7. The van der Waals surface area contributed by atoms with Gasteiger partial charge in [0, 0.05) is 23.8 Å². The minimum Gasteiger partial charge on any atom is -0.508 e. The summed E-state index contributed by atoms with van der Waals surface area (Å²) in [6.07, 6.45) is 0. The number of hydrogen-bond acceptors (Lipinski definition) is 7. The van der Waals surface area contributed by atoms with Crippen molar-refractivity contribution in [2.24, 2.45) is 0 Å². The maximum Gasteiger partial charge on any atom is 0.276 e. The fourth-order valence-corrected chi connectivity index (χ4v) is 3.14. The second-order valence-corrected chi connectivity index (χ2v) is 6.47. The number of hydrogen-bond donors (Lipinski definition) is 2. The highest BCUT2D eigenvalue weighted by atomic mass is 16.6. The second kappa shape index (κ2) is 7.59. The Kier molecular flexibility index (Phi) is 4.81. The van der Waals surface area contributed by atoms with Gasteiger partial charge in [-0.1, -0.05) is 42.5 Å². The van der Waals surface area contributed by atoms with Gasteiger partial charge in [-0.3, -0.25) is 14.9 Å². The number of phenols is 2. The topological polar surface area (TPSA) is 123 Å². The molecule has 0 spiro atoms. The molecule has 4 rings (SSSR count). The lowest BCUT2D eigenvalue weighted by Gasteiger charge is -2.12. The number of nitro groups is 1. The molecule has 1 aromatic heterocycles. The molecule has 0 amide bonds. The molecule has 8 nitrogen and oxygen atoms in total. The summed E-state index contributed by atoms with van der Waals surface area (Å²) in [4.78, 5) is 23.9. The van der Waals surface area contributed by atoms with E-state index < -0.39 is 16.1 Å². The van der Waals surface area contributed by atoms with Crippen molar-refractivity contribution in [1.29, 1.82) is 0 Å². The summed E-state index contributed by atoms with van der Waals surface area (Å²) in [7, 11) is 0. The molecule has 0 saturated carbocycles. The minimum absolute atomic E-state index is 0.0191. The van der Waals surface area contributed by atoms with Gasteiger partial charge in [-0.25, -0.2) is 0 Å². The number of nitro benzene ring substituents is 1. The van der Waals surface area contributed by atoms with Crippen molar-refractivity contribution in [2.45, 2.75) is 6.61 Å². The summed E-state index contributed by atoms with van der Waals surface area (Å²) < 4.78 is 11.5. The van der Waals surface area contributed by atoms with Gasteiger partial charge in [0.05, 0.1) is 10.5 Å². The van der Waals surface area contributed by atoms with Crippen molar-refractivity contribution in [2.75, 3.05) is 0 Å². The van der Waals surface area contributed by atoms with E-state index in [2.05, 4.69) is 0 Å². The fourth-order valence-electron chi connectivity index (χ4n) is 3.14. The van der Waals surface area contributed by atoms with E-state index in [0.717, 1.165) is 6.07 Å². The first-order valence-corrected chi connectivity index (χ1v) is 8.89. The quantitative estimate of drug-likeness (QED) is 0.373. The predicted octanol–water partition coefficient (Wildman–Crippen LogP) is 4.36. The number of rotatable bonds is 5. The van der Waals surface area contributed by atoms with Crippen LogP contribution in [0.3, 0.4) is 0 Å². The van der Waals surface area contributed by atoms with E-state index in [9.17, 15) is 25.1 Å². The highest BCUT2D eigenvalue weighted by Gasteiger charge is 2.22. The maximum absolute atomic E-state index is 13.1. The molecular weight excluding hydrogens is 390 g/mol. The molecule has 4 aromatic rings. The van der Waals surface area contributed by atoms with Gasteiger partial charge in [-0.2, -0.15) is 0 Å². The number of para-hydroxylation sites is 1. The van der Waals surface area contributed by atoms with Crippen LogP contribution in [0.25, 0.3) is 22.3 Å². The first-order valence-electron chi connectivity index (χ1n) is 8.89. The van der Waals surface area contributed by atoms with Crippen LogP contribution in [-0.4, -0.2) is 15.1 Å². The van der Waals surface area contributed by atoms with Gasteiger partial charge in [-0.05, 0) is 6.07 Å². The monoisotopic (exact) mass is 405 g/mol. The van der Waals surface area contributed by atoms with Gasteiger partial charge in [0.15, 0.2) is 5.76 Å². The minimum atomic E-state index is -0.661. The standard InChI is InChI=1S/C22H15NO7/c24-15-10-17(25)19-18(11-15)30-21(13-6-2-1-3-7-13)22(20(19)26)29-12-14-8-4-5-9-16(14)23(27)28/h1-11,24-25H,12H2. The Bertz CT molecular complexity index is 1310. The van der Waals surface area contributed by atoms with Gasteiger partial charge in [0.1, 0.15) is 29.1 Å². The number of ether oxygens (including phenoxy) is 1. The third-order valence-electron chi connectivity index (χ3n) is 4.51. The van der Waals surface area contributed by atoms with E-state index in [4.69, 9.17) is 9.15 Å². The van der Waals surface area contributed by atoms with E-state index in [1.54, 1.807) is 36.4 Å². The zero-order valence-electron chi connectivity index (χ0n) is 15.4. The van der Waals surface area contributed by atoms with E-state index in [-0.39, 0.29) is 46.1 Å². The van der Waals surface area contributed by atoms with Crippen molar-refractivity contribution in [3.8, 4) is 28.6 Å². The van der Waals surface area contributed by atoms with Crippen molar-refractivity contribution in [1.82, 2.24) is 0 Å². The Morgan fingerprint density at radius 3 is 2.43 bits per heavy atom. The molecule has 0 aliphatic carbocycles. The summed E-state index contributed by atoms with van der Waals surface area (Å²) in [6, 6.07) is 16.9. The number of benzene rings is 3. The Morgan fingerprint density at radius 1 is 1.00 bits per heavy atom. The fraction of sp³-hybridized carbons (Fsp3) is 0.0455. The SMILES string of the molecule is O=c1c(OCc2ccccc2[N+](=O)[O-])c(-c2ccccc2)oc2cc(O)cc(O)c12. The van der Waals surface area contributed by atoms with Crippen LogP contribution < -0.4 is 10.2 Å². The second-order valence-electron chi connectivity index (χ2n) is 6.47. The Morgan fingerprint density at radius 2 is 1.70 bits per heavy atom. The van der Waals surface area contributed by atoms with Gasteiger partial charge < -0.3 is 19.4 Å². The Hall–Kier alpha value is -4.33. The molecule has 8 heteroatoms. The zero-order valence-corrected chi connectivity index (χ0v) is 15.4. The van der Waals surface area contributed by atoms with Gasteiger partial charge >= 0.3 is 0 Å². The van der Waals surface area contributed by atoms with Crippen molar-refractivity contribution in [3.63, 3.8) is 0 Å². The van der Waals surface area contributed by atoms with Crippen LogP contribution in [0.2, 0.25) is 0 Å². The number of phenolic OH excluding ortho intramolecular Hbond substituents is 2. The highest BCUT2D eigenvalue weighted by molar-refractivity contribution is 5.88. The molecule has 0 saturated heterocycles. The van der Waals surface area contributed by atoms with Crippen LogP contribution in [0.1, 0.15) is 5.56 Å². The van der Waals surface area contributed by atoms with Crippen molar-refractivity contribution >= 4 is 16.7 Å². The molecule has 0 radical (unpaired) electrons. The molecule has 2 N–H and O–H groups in total. The Balaban J connectivity index is 1.89. The first-order chi connectivity index (χ1) is 14.5. The molecule has 0 aliphatic heterocycles. The van der Waals surface area contributed by atoms with Crippen LogP contribution in [0, 0.1) is 10.1 Å². The summed E-state index contributed by atoms with van der Waals surface area (Å²) in [6.45, 7) is -0.258. The molecule has 150 valence electrons. The van der Waals surface area contributed by atoms with Gasteiger partial charge in [0.2, 0.25) is 11.2 Å². The average molecular weight is 405 g/mol. The van der Waals surface area contributed by atoms with Crippen molar-refractivity contribution in [3.05, 3.63) is 92.6 Å². The van der Waals surface area contributed by atoms with Crippen LogP contribution in [0.5, 0.6) is 17.2 Å². The zero-order chi connectivity index (χ0) is 21.3. The summed E-state index contributed by atoms with van der Waals surface area (Å²) in [5.74, 6) is -0.853. The summed E-state index contributed by atoms with van der Waals surface area (Å²) in [5.41, 5.74) is -0.0230. The molecule has 30 heavy (non-hydrogen) atoms. The third kappa shape index (κ3) is 3.42. The molecule has 0 unspecified atom stereocenters. The van der Waals surface area contributed by atoms with Gasteiger partial charge in [-0.15, -0.1) is 0 Å². The number of aromatic hydroxyl groups is 2. The van der Waals surface area contributed by atoms with E-state index in [0.29, 0.717) is 5.56 Å². The molecule has 1 heterocycles. The van der Waals surface area contributed by atoms with E-state index in [1.807, 2.05) is 0 Å². The summed E-state index contributed by atoms with van der Waals surface area (Å²) >= 11 is 0. The maximum atomic E-state index is 13.1. The van der Waals surface area contributed by atoms with Crippen molar-refractivity contribution < 1.29 is 24.3 Å². The number of nitrogens with zero attached hydrogens (tertiary/aromatic N) is 1. The van der Waals surface area contributed by atoms with E-state index >= 15 is 0 Å². The Labute approximate surface area is 169 Å². The average Bonchev–Trinajstić information content (AvgIpc) is 2.73. The lowest BCUT2D eigenvalue weighted by molar-refractivity contribution is -0.385. The van der Waals surface area contributed by atoms with Crippen LogP contribution in [0.4, 0.5) is 5.69 Å². The van der Waals surface area contributed by atoms with Crippen LogP contribution >= 0.6 is 0 Å². The highest BCUT2D eigenvalue weighted by Crippen LogP contribution is 2.36. The van der Waals surface area contributed by atoms with Crippen LogP contribution in [0.15, 0.2) is 75.9 Å². The lowest BCUT2D eigenvalue weighted by atomic mass is 10.1. The van der Waals surface area contributed by atoms with Crippen LogP contribution in [-0.2, 0) is 6.61 Å². The van der Waals surface area contributed by atoms with E-state index in [1.165, 1.54) is 24.3 Å². The van der Waals surface area contributed by atoms with Gasteiger partial charge in [0.25, 0.3) is 5.69 Å². The molecule has 0 fully saturated rings. The molecule has 0 bridgehead atoms. The smallest absolute Gasteiger partial charge is 0.276 e. The molecule has 0 aliphatic rings. The normalized spacial score (nSPS) is 10.8. The molecule has 0 atom stereocenters. The lowest BCUT2D eigenvalue weighted by Crippen LogP contribution is -2.11. The number of fused-ring (bicyclic) bond motifs is 1. The summed E-state index contributed by atoms with van der Waals surface area (Å²) in [5, 5.41) is 31.0. The first kappa shape index (κ1) is 19.0.